The van der Waals surface area contributed by atoms with Gasteiger partial charge < -0.3 is 18.9 Å². The number of amides is 1. The minimum Gasteiger partial charge on any atom is -0.383 e. The van der Waals surface area contributed by atoms with Gasteiger partial charge in [-0.1, -0.05) is 6.92 Å². The zero-order chi connectivity index (χ0) is 15.8. The summed E-state index contributed by atoms with van der Waals surface area (Å²) in [5.74, 6) is 0.00995. The SMILES string of the molecule is CCCn1cc(Br)cc1C(=O)N(CCOC)C(C)COC. The largest absolute Gasteiger partial charge is 0.383 e. The van der Waals surface area contributed by atoms with Crippen LogP contribution in [0.5, 0.6) is 0 Å². The van der Waals surface area contributed by atoms with Crippen LogP contribution in [-0.2, 0) is 16.0 Å². The summed E-state index contributed by atoms with van der Waals surface area (Å²) in [6.07, 6.45) is 2.93. The monoisotopic (exact) mass is 360 g/mol. The lowest BCUT2D eigenvalue weighted by atomic mass is 10.2. The van der Waals surface area contributed by atoms with Gasteiger partial charge in [-0.25, -0.2) is 0 Å². The maximum absolute atomic E-state index is 12.8. The number of nitrogens with zero attached hydrogens (tertiary/aromatic N) is 2. The molecular formula is C15H25BrN2O3. The van der Waals surface area contributed by atoms with Crippen LogP contribution in [0.2, 0.25) is 0 Å². The molecule has 120 valence electrons. The van der Waals surface area contributed by atoms with E-state index >= 15 is 0 Å². The maximum Gasteiger partial charge on any atom is 0.270 e. The van der Waals surface area contributed by atoms with Crippen LogP contribution < -0.4 is 0 Å². The Morgan fingerprint density at radius 2 is 2.14 bits per heavy atom. The second kappa shape index (κ2) is 9.23. The Morgan fingerprint density at radius 1 is 1.43 bits per heavy atom. The molecular weight excluding hydrogens is 336 g/mol. The van der Waals surface area contributed by atoms with Crippen LogP contribution in [-0.4, -0.2) is 55.4 Å². The van der Waals surface area contributed by atoms with Gasteiger partial charge in [-0.3, -0.25) is 4.79 Å². The van der Waals surface area contributed by atoms with Crippen molar-refractivity contribution in [3.8, 4) is 0 Å². The van der Waals surface area contributed by atoms with E-state index < -0.39 is 0 Å². The lowest BCUT2D eigenvalue weighted by Crippen LogP contribution is -2.43. The van der Waals surface area contributed by atoms with Crippen molar-refractivity contribution in [2.75, 3.05) is 34.0 Å². The summed E-state index contributed by atoms with van der Waals surface area (Å²) in [6, 6.07) is 1.87. The van der Waals surface area contributed by atoms with E-state index in [1.165, 1.54) is 0 Å². The molecule has 0 aliphatic carbocycles. The first-order chi connectivity index (χ1) is 10.0. The van der Waals surface area contributed by atoms with E-state index in [1.807, 2.05) is 23.8 Å². The first-order valence-electron chi connectivity index (χ1n) is 7.19. The Labute approximate surface area is 135 Å². The first-order valence-corrected chi connectivity index (χ1v) is 7.98. The molecule has 1 heterocycles. The molecule has 0 aromatic carbocycles. The summed E-state index contributed by atoms with van der Waals surface area (Å²) in [7, 11) is 3.28. The predicted molar refractivity (Wildman–Crippen MR) is 86.7 cm³/mol. The zero-order valence-electron chi connectivity index (χ0n) is 13.3. The standard InChI is InChI=1S/C15H25BrN2O3/c1-5-6-17-10-13(16)9-14(17)15(19)18(7-8-20-3)12(2)11-21-4/h9-10,12H,5-8,11H2,1-4H3. The molecule has 1 atom stereocenters. The number of ether oxygens (including phenoxy) is 2. The highest BCUT2D eigenvalue weighted by molar-refractivity contribution is 9.10. The number of halogens is 1. The third-order valence-corrected chi connectivity index (χ3v) is 3.72. The van der Waals surface area contributed by atoms with E-state index in [0.29, 0.717) is 25.5 Å². The normalized spacial score (nSPS) is 12.4. The third-order valence-electron chi connectivity index (χ3n) is 3.28. The summed E-state index contributed by atoms with van der Waals surface area (Å²) in [5, 5.41) is 0. The van der Waals surface area contributed by atoms with Crippen molar-refractivity contribution in [2.45, 2.75) is 32.9 Å². The second-order valence-electron chi connectivity index (χ2n) is 5.03. The fourth-order valence-electron chi connectivity index (χ4n) is 2.27. The van der Waals surface area contributed by atoms with Gasteiger partial charge in [-0.15, -0.1) is 0 Å². The number of carbonyl (C=O) groups is 1. The van der Waals surface area contributed by atoms with Crippen molar-refractivity contribution < 1.29 is 14.3 Å². The highest BCUT2D eigenvalue weighted by atomic mass is 79.9. The number of rotatable bonds is 9. The maximum atomic E-state index is 12.8. The van der Waals surface area contributed by atoms with E-state index in [9.17, 15) is 4.79 Å². The lowest BCUT2D eigenvalue weighted by Gasteiger charge is -2.29. The molecule has 0 aliphatic rings. The molecule has 0 radical (unpaired) electrons. The average Bonchev–Trinajstić information content (AvgIpc) is 2.80. The van der Waals surface area contributed by atoms with Gasteiger partial charge in [0.25, 0.3) is 5.91 Å². The fourth-order valence-corrected chi connectivity index (χ4v) is 2.73. The number of hydrogen-bond acceptors (Lipinski definition) is 3. The molecule has 5 nitrogen and oxygen atoms in total. The molecule has 0 bridgehead atoms. The highest BCUT2D eigenvalue weighted by Crippen LogP contribution is 2.18. The van der Waals surface area contributed by atoms with Crippen LogP contribution >= 0.6 is 15.9 Å². The predicted octanol–water partition coefficient (Wildman–Crippen LogP) is 2.78. The molecule has 1 unspecified atom stereocenters. The summed E-state index contributed by atoms with van der Waals surface area (Å²) in [6.45, 7) is 6.47. The van der Waals surface area contributed by atoms with Crippen LogP contribution in [0.15, 0.2) is 16.7 Å². The van der Waals surface area contributed by atoms with Crippen molar-refractivity contribution in [3.63, 3.8) is 0 Å². The van der Waals surface area contributed by atoms with Gasteiger partial charge in [-0.2, -0.15) is 0 Å². The van der Waals surface area contributed by atoms with Gasteiger partial charge in [0.2, 0.25) is 0 Å². The summed E-state index contributed by atoms with van der Waals surface area (Å²) >= 11 is 3.45. The van der Waals surface area contributed by atoms with Crippen LogP contribution in [0.3, 0.4) is 0 Å². The van der Waals surface area contributed by atoms with Crippen LogP contribution in [0.25, 0.3) is 0 Å². The van der Waals surface area contributed by atoms with Crippen molar-refractivity contribution in [2.24, 2.45) is 0 Å². The summed E-state index contributed by atoms with van der Waals surface area (Å²) < 4.78 is 13.2. The molecule has 0 saturated heterocycles. The number of aromatic nitrogens is 1. The molecule has 21 heavy (non-hydrogen) atoms. The first kappa shape index (κ1) is 18.2. The Hall–Kier alpha value is -0.850. The zero-order valence-corrected chi connectivity index (χ0v) is 14.9. The Balaban J connectivity index is 2.97. The summed E-state index contributed by atoms with van der Waals surface area (Å²) in [5.41, 5.74) is 0.697. The Bertz CT molecular complexity index is 448. The molecule has 1 aromatic rings. The number of methoxy groups -OCH3 is 2. The molecule has 0 N–H and O–H groups in total. The number of carbonyl (C=O) groups excluding carboxylic acids is 1. The van der Waals surface area contributed by atoms with E-state index in [2.05, 4.69) is 22.9 Å². The number of hydrogen-bond donors (Lipinski definition) is 0. The van der Waals surface area contributed by atoms with Crippen LogP contribution in [0.1, 0.15) is 30.8 Å². The van der Waals surface area contributed by atoms with Gasteiger partial charge in [0.15, 0.2) is 0 Å². The third kappa shape index (κ3) is 5.13. The summed E-state index contributed by atoms with van der Waals surface area (Å²) in [4.78, 5) is 14.7. The molecule has 0 saturated carbocycles. The molecule has 1 rings (SSSR count). The van der Waals surface area contributed by atoms with Gasteiger partial charge >= 0.3 is 0 Å². The van der Waals surface area contributed by atoms with Gasteiger partial charge in [-0.05, 0) is 35.3 Å². The lowest BCUT2D eigenvalue weighted by molar-refractivity contribution is 0.0470. The molecule has 0 spiro atoms. The molecule has 6 heteroatoms. The highest BCUT2D eigenvalue weighted by Gasteiger charge is 2.24. The van der Waals surface area contributed by atoms with E-state index in [1.54, 1.807) is 19.1 Å². The topological polar surface area (TPSA) is 43.7 Å². The Morgan fingerprint density at radius 3 is 2.71 bits per heavy atom. The van der Waals surface area contributed by atoms with Gasteiger partial charge in [0.05, 0.1) is 19.3 Å². The quantitative estimate of drug-likeness (QED) is 0.679. The second-order valence-corrected chi connectivity index (χ2v) is 5.95. The molecule has 1 amide bonds. The fraction of sp³-hybridized carbons (Fsp3) is 0.667. The molecule has 1 aromatic heterocycles. The Kier molecular flexibility index (Phi) is 8.00. The number of aryl methyl sites for hydroxylation is 1. The van der Waals surface area contributed by atoms with Crippen molar-refractivity contribution in [1.29, 1.82) is 0 Å². The van der Waals surface area contributed by atoms with Gasteiger partial charge in [0, 0.05) is 38.0 Å². The van der Waals surface area contributed by atoms with E-state index in [4.69, 9.17) is 9.47 Å². The molecule has 0 fully saturated rings. The van der Waals surface area contributed by atoms with Crippen molar-refractivity contribution >= 4 is 21.8 Å². The van der Waals surface area contributed by atoms with Crippen molar-refractivity contribution in [1.82, 2.24) is 9.47 Å². The van der Waals surface area contributed by atoms with Crippen LogP contribution in [0, 0.1) is 0 Å². The van der Waals surface area contributed by atoms with E-state index in [0.717, 1.165) is 17.4 Å². The van der Waals surface area contributed by atoms with Crippen molar-refractivity contribution in [3.05, 3.63) is 22.4 Å². The minimum atomic E-state index is 0.00130. The average molecular weight is 361 g/mol. The molecule has 0 aliphatic heterocycles. The smallest absolute Gasteiger partial charge is 0.270 e. The van der Waals surface area contributed by atoms with E-state index in [-0.39, 0.29) is 11.9 Å². The minimum absolute atomic E-state index is 0.00130. The van der Waals surface area contributed by atoms with Crippen LogP contribution in [0.4, 0.5) is 0 Å². The van der Waals surface area contributed by atoms with Gasteiger partial charge in [0.1, 0.15) is 5.69 Å².